The van der Waals surface area contributed by atoms with Crippen LogP contribution in [0.25, 0.3) is 0 Å². The van der Waals surface area contributed by atoms with Gasteiger partial charge in [0.2, 0.25) is 15.9 Å². The third-order valence-electron chi connectivity index (χ3n) is 4.73. The van der Waals surface area contributed by atoms with Crippen LogP contribution in [0.4, 0.5) is 5.69 Å². The van der Waals surface area contributed by atoms with Gasteiger partial charge in [0, 0.05) is 25.3 Å². The molecule has 1 saturated carbocycles. The molecule has 7 heteroatoms. The van der Waals surface area contributed by atoms with Crippen molar-refractivity contribution in [3.63, 3.8) is 0 Å². The van der Waals surface area contributed by atoms with E-state index in [1.807, 2.05) is 0 Å². The lowest BCUT2D eigenvalue weighted by atomic mass is 9.86. The fourth-order valence-corrected chi connectivity index (χ4v) is 4.60. The molecule has 0 heterocycles. The number of methoxy groups -OCH3 is 1. The zero-order valence-electron chi connectivity index (χ0n) is 15.7. The summed E-state index contributed by atoms with van der Waals surface area (Å²) in [5.41, 5.74) is 0.613. The first kappa shape index (κ1) is 20.9. The summed E-state index contributed by atoms with van der Waals surface area (Å²) in [7, 11) is -2.07. The molecule has 1 aromatic carbocycles. The maximum absolute atomic E-state index is 12.3. The first-order valence-corrected chi connectivity index (χ1v) is 10.8. The van der Waals surface area contributed by atoms with Gasteiger partial charge in [-0.1, -0.05) is 32.1 Å². The highest BCUT2D eigenvalue weighted by Crippen LogP contribution is 2.27. The molecular weight excluding hydrogens is 352 g/mol. The summed E-state index contributed by atoms with van der Waals surface area (Å²) < 4.78 is 32.0. The van der Waals surface area contributed by atoms with Crippen molar-refractivity contribution in [2.24, 2.45) is 5.92 Å². The number of hydrogen-bond donors (Lipinski definition) is 2. The van der Waals surface area contributed by atoms with Crippen LogP contribution in [0.5, 0.6) is 0 Å². The maximum atomic E-state index is 12.3. The number of carbonyl (C=O) groups excluding carboxylic acids is 1. The van der Waals surface area contributed by atoms with E-state index < -0.39 is 10.0 Å². The van der Waals surface area contributed by atoms with E-state index in [2.05, 4.69) is 10.0 Å². The zero-order valence-corrected chi connectivity index (χ0v) is 16.5. The van der Waals surface area contributed by atoms with E-state index >= 15 is 0 Å². The quantitative estimate of drug-likeness (QED) is 0.686. The van der Waals surface area contributed by atoms with E-state index in [1.165, 1.54) is 51.3 Å². The number of nitrogens with one attached hydrogen (secondary N) is 2. The Morgan fingerprint density at radius 1 is 1.19 bits per heavy atom. The highest BCUT2D eigenvalue weighted by molar-refractivity contribution is 7.89. The van der Waals surface area contributed by atoms with Crippen LogP contribution in [0.3, 0.4) is 0 Å². The van der Waals surface area contributed by atoms with E-state index in [1.54, 1.807) is 19.1 Å². The molecule has 0 bridgehead atoms. The fraction of sp³-hybridized carbons (Fsp3) is 0.632. The molecule has 1 fully saturated rings. The summed E-state index contributed by atoms with van der Waals surface area (Å²) in [6.07, 6.45) is 7.78. The molecule has 1 aliphatic carbocycles. The number of sulfonamides is 1. The van der Waals surface area contributed by atoms with E-state index in [9.17, 15) is 13.2 Å². The summed E-state index contributed by atoms with van der Waals surface area (Å²) in [4.78, 5) is 12.3. The minimum atomic E-state index is -3.59. The lowest BCUT2D eigenvalue weighted by molar-refractivity contribution is -0.116. The molecular formula is C19H30N2O4S. The summed E-state index contributed by atoms with van der Waals surface area (Å²) in [6, 6.07) is 5.92. The van der Waals surface area contributed by atoms with E-state index in [0.717, 1.165) is 6.42 Å². The number of carbonyl (C=O) groups is 1. The van der Waals surface area contributed by atoms with Crippen molar-refractivity contribution in [2.45, 2.75) is 62.8 Å². The van der Waals surface area contributed by atoms with E-state index in [4.69, 9.17) is 4.74 Å². The van der Waals surface area contributed by atoms with Crippen molar-refractivity contribution in [1.29, 1.82) is 0 Å². The van der Waals surface area contributed by atoms with Crippen molar-refractivity contribution in [3.05, 3.63) is 24.3 Å². The summed E-state index contributed by atoms with van der Waals surface area (Å²) in [5.74, 6) is 0.653. The van der Waals surface area contributed by atoms with Gasteiger partial charge in [0.25, 0.3) is 0 Å². The van der Waals surface area contributed by atoms with Gasteiger partial charge in [-0.3, -0.25) is 4.79 Å². The predicted octanol–water partition coefficient (Wildman–Crippen LogP) is 3.30. The number of anilines is 1. The number of benzene rings is 1. The molecule has 1 aliphatic rings. The molecule has 26 heavy (non-hydrogen) atoms. The van der Waals surface area contributed by atoms with Gasteiger partial charge in [0.05, 0.1) is 11.5 Å². The van der Waals surface area contributed by atoms with Crippen LogP contribution in [0.1, 0.15) is 51.9 Å². The van der Waals surface area contributed by atoms with Gasteiger partial charge in [-0.05, 0) is 43.5 Å². The van der Waals surface area contributed by atoms with Crippen molar-refractivity contribution in [2.75, 3.05) is 19.0 Å². The molecule has 0 radical (unpaired) electrons. The molecule has 1 amide bonds. The maximum Gasteiger partial charge on any atom is 0.240 e. The zero-order chi connectivity index (χ0) is 19.0. The normalized spacial score (nSPS) is 17.0. The largest absolute Gasteiger partial charge is 0.383 e. The third-order valence-corrected chi connectivity index (χ3v) is 6.33. The second kappa shape index (κ2) is 10.0. The van der Waals surface area contributed by atoms with Gasteiger partial charge >= 0.3 is 0 Å². The minimum absolute atomic E-state index is 0.0157. The molecule has 0 aromatic heterocycles. The van der Waals surface area contributed by atoms with Crippen LogP contribution in [0, 0.1) is 5.92 Å². The SMILES string of the molecule is COCC(C)NS(=O)(=O)c1ccc(NC(=O)CCC2CCCCC2)cc1. The topological polar surface area (TPSA) is 84.5 Å². The van der Waals surface area contributed by atoms with Crippen LogP contribution in [-0.2, 0) is 19.6 Å². The molecule has 2 N–H and O–H groups in total. The average molecular weight is 383 g/mol. The Morgan fingerprint density at radius 3 is 2.46 bits per heavy atom. The predicted molar refractivity (Wildman–Crippen MR) is 103 cm³/mol. The average Bonchev–Trinajstić information content (AvgIpc) is 2.61. The standard InChI is InChI=1S/C19H30N2O4S/c1-15(14-25-2)21-26(23,24)18-11-9-17(10-12-18)20-19(22)13-8-16-6-4-3-5-7-16/h9-12,15-16,21H,3-8,13-14H2,1-2H3,(H,20,22). The Hall–Kier alpha value is -1.44. The molecule has 146 valence electrons. The van der Waals surface area contributed by atoms with Crippen molar-refractivity contribution in [3.8, 4) is 0 Å². The number of ether oxygens (including phenoxy) is 1. The lowest BCUT2D eigenvalue weighted by Crippen LogP contribution is -2.35. The fourth-order valence-electron chi connectivity index (χ4n) is 3.37. The Bertz CT molecular complexity index is 667. The molecule has 0 spiro atoms. The Kier molecular flexibility index (Phi) is 8.06. The lowest BCUT2D eigenvalue weighted by Gasteiger charge is -2.21. The van der Waals surface area contributed by atoms with Gasteiger partial charge < -0.3 is 10.1 Å². The van der Waals surface area contributed by atoms with Gasteiger partial charge in [0.15, 0.2) is 0 Å². The summed E-state index contributed by atoms with van der Waals surface area (Å²) >= 11 is 0. The van der Waals surface area contributed by atoms with Gasteiger partial charge in [-0.15, -0.1) is 0 Å². The first-order valence-electron chi connectivity index (χ1n) is 9.32. The summed E-state index contributed by atoms with van der Waals surface area (Å²) in [5, 5.41) is 2.85. The molecule has 0 aliphatic heterocycles. The van der Waals surface area contributed by atoms with Crippen LogP contribution in [0.15, 0.2) is 29.2 Å². The monoisotopic (exact) mass is 382 g/mol. The molecule has 6 nitrogen and oxygen atoms in total. The van der Waals surface area contributed by atoms with Crippen molar-refractivity contribution >= 4 is 21.6 Å². The van der Waals surface area contributed by atoms with Gasteiger partial charge in [-0.2, -0.15) is 0 Å². The molecule has 1 atom stereocenters. The number of hydrogen-bond acceptors (Lipinski definition) is 4. The van der Waals surface area contributed by atoms with E-state index in [-0.39, 0.29) is 16.8 Å². The first-order chi connectivity index (χ1) is 12.4. The smallest absolute Gasteiger partial charge is 0.240 e. The van der Waals surface area contributed by atoms with Gasteiger partial charge in [-0.25, -0.2) is 13.1 Å². The Morgan fingerprint density at radius 2 is 1.85 bits per heavy atom. The summed E-state index contributed by atoms with van der Waals surface area (Å²) in [6.45, 7) is 2.04. The van der Waals surface area contributed by atoms with Crippen LogP contribution in [0.2, 0.25) is 0 Å². The third kappa shape index (κ3) is 6.70. The van der Waals surface area contributed by atoms with Crippen LogP contribution < -0.4 is 10.0 Å². The Balaban J connectivity index is 1.85. The number of amides is 1. The molecule has 2 rings (SSSR count). The minimum Gasteiger partial charge on any atom is -0.383 e. The second-order valence-electron chi connectivity index (χ2n) is 7.09. The highest BCUT2D eigenvalue weighted by atomic mass is 32.2. The number of rotatable bonds is 9. The van der Waals surface area contributed by atoms with Crippen molar-refractivity contribution < 1.29 is 17.9 Å². The highest BCUT2D eigenvalue weighted by Gasteiger charge is 2.18. The van der Waals surface area contributed by atoms with E-state index in [0.29, 0.717) is 24.6 Å². The molecule has 1 aromatic rings. The van der Waals surface area contributed by atoms with Crippen LogP contribution >= 0.6 is 0 Å². The molecule has 1 unspecified atom stereocenters. The van der Waals surface area contributed by atoms with Crippen molar-refractivity contribution in [1.82, 2.24) is 4.72 Å². The van der Waals surface area contributed by atoms with Gasteiger partial charge in [0.1, 0.15) is 0 Å². The van der Waals surface area contributed by atoms with Crippen LogP contribution in [-0.4, -0.2) is 34.1 Å². The Labute approximate surface area is 156 Å². The molecule has 0 saturated heterocycles. The second-order valence-corrected chi connectivity index (χ2v) is 8.81.